The van der Waals surface area contributed by atoms with Gasteiger partial charge in [0, 0.05) is 0 Å². The van der Waals surface area contributed by atoms with Crippen LogP contribution in [-0.2, 0) is 11.3 Å². The van der Waals surface area contributed by atoms with Crippen LogP contribution in [-0.4, -0.2) is 12.6 Å². The highest BCUT2D eigenvalue weighted by Crippen LogP contribution is 2.14. The molecule has 21 heavy (non-hydrogen) atoms. The number of esters is 1. The third kappa shape index (κ3) is 4.80. The standard InChI is InChI=1S/C18H18O3/c1-14(2)12-20-17-10-8-16(9-11-17)18(19)21-13-15-6-4-3-5-7-15/h3-11H,1,12-13H2,2H3. The lowest BCUT2D eigenvalue weighted by molar-refractivity contribution is 0.0472. The highest BCUT2D eigenvalue weighted by atomic mass is 16.5. The van der Waals surface area contributed by atoms with Gasteiger partial charge in [-0.3, -0.25) is 0 Å². The molecule has 0 heterocycles. The van der Waals surface area contributed by atoms with Crippen LogP contribution in [0.1, 0.15) is 22.8 Å². The second-order valence-electron chi connectivity index (χ2n) is 4.83. The molecule has 108 valence electrons. The van der Waals surface area contributed by atoms with Gasteiger partial charge in [0.15, 0.2) is 0 Å². The van der Waals surface area contributed by atoms with Gasteiger partial charge in [0.05, 0.1) is 5.56 Å². The van der Waals surface area contributed by atoms with Gasteiger partial charge in [0.1, 0.15) is 19.0 Å². The highest BCUT2D eigenvalue weighted by molar-refractivity contribution is 5.89. The van der Waals surface area contributed by atoms with Gasteiger partial charge in [-0.25, -0.2) is 4.79 Å². The lowest BCUT2D eigenvalue weighted by Crippen LogP contribution is -2.05. The first-order chi connectivity index (χ1) is 10.1. The van der Waals surface area contributed by atoms with E-state index in [1.807, 2.05) is 37.3 Å². The van der Waals surface area contributed by atoms with Crippen LogP contribution in [0, 0.1) is 0 Å². The molecule has 0 aliphatic rings. The molecule has 0 aromatic heterocycles. The van der Waals surface area contributed by atoms with Crippen molar-refractivity contribution in [1.82, 2.24) is 0 Å². The Balaban J connectivity index is 1.89. The molecule has 2 rings (SSSR count). The molecule has 0 atom stereocenters. The van der Waals surface area contributed by atoms with Crippen molar-refractivity contribution in [2.45, 2.75) is 13.5 Å². The fourth-order valence-corrected chi connectivity index (χ4v) is 1.70. The summed E-state index contributed by atoms with van der Waals surface area (Å²) >= 11 is 0. The topological polar surface area (TPSA) is 35.5 Å². The fraction of sp³-hybridized carbons (Fsp3) is 0.167. The predicted molar refractivity (Wildman–Crippen MR) is 82.3 cm³/mol. The Morgan fingerprint density at radius 2 is 1.71 bits per heavy atom. The molecule has 3 nitrogen and oxygen atoms in total. The first-order valence-electron chi connectivity index (χ1n) is 6.73. The lowest BCUT2D eigenvalue weighted by Gasteiger charge is -2.07. The van der Waals surface area contributed by atoms with Crippen LogP contribution < -0.4 is 4.74 Å². The van der Waals surface area contributed by atoms with Gasteiger partial charge in [0.25, 0.3) is 0 Å². The van der Waals surface area contributed by atoms with Crippen molar-refractivity contribution in [3.05, 3.63) is 77.9 Å². The highest BCUT2D eigenvalue weighted by Gasteiger charge is 2.07. The average Bonchev–Trinajstić information content (AvgIpc) is 2.52. The molecule has 0 aliphatic carbocycles. The Morgan fingerprint density at radius 3 is 2.33 bits per heavy atom. The summed E-state index contributed by atoms with van der Waals surface area (Å²) in [5, 5.41) is 0. The first kappa shape index (κ1) is 14.9. The Hall–Kier alpha value is -2.55. The van der Waals surface area contributed by atoms with E-state index in [0.717, 1.165) is 11.1 Å². The Kier molecular flexibility index (Phi) is 5.16. The Bertz CT molecular complexity index is 600. The molecule has 0 bridgehead atoms. The second-order valence-corrected chi connectivity index (χ2v) is 4.83. The van der Waals surface area contributed by atoms with E-state index in [2.05, 4.69) is 6.58 Å². The smallest absolute Gasteiger partial charge is 0.338 e. The first-order valence-corrected chi connectivity index (χ1v) is 6.73. The number of ether oxygens (including phenoxy) is 2. The molecular weight excluding hydrogens is 264 g/mol. The molecular formula is C18H18O3. The van der Waals surface area contributed by atoms with Crippen molar-refractivity contribution in [2.75, 3.05) is 6.61 Å². The molecule has 0 N–H and O–H groups in total. The zero-order valence-corrected chi connectivity index (χ0v) is 12.0. The van der Waals surface area contributed by atoms with Crippen molar-refractivity contribution >= 4 is 5.97 Å². The van der Waals surface area contributed by atoms with E-state index in [9.17, 15) is 4.79 Å². The molecule has 2 aromatic rings. The predicted octanol–water partition coefficient (Wildman–Crippen LogP) is 4.00. The van der Waals surface area contributed by atoms with Crippen LogP contribution in [0.15, 0.2) is 66.7 Å². The van der Waals surface area contributed by atoms with E-state index in [1.165, 1.54) is 0 Å². The van der Waals surface area contributed by atoms with Crippen LogP contribution in [0.25, 0.3) is 0 Å². The van der Waals surface area contributed by atoms with Crippen LogP contribution in [0.4, 0.5) is 0 Å². The maximum atomic E-state index is 11.9. The molecule has 3 heteroatoms. The van der Waals surface area contributed by atoms with Crippen LogP contribution >= 0.6 is 0 Å². The summed E-state index contributed by atoms with van der Waals surface area (Å²) in [4.78, 5) is 11.9. The average molecular weight is 282 g/mol. The second kappa shape index (κ2) is 7.29. The van der Waals surface area contributed by atoms with E-state index >= 15 is 0 Å². The molecule has 0 saturated heterocycles. The molecule has 0 spiro atoms. The maximum Gasteiger partial charge on any atom is 0.338 e. The van der Waals surface area contributed by atoms with Gasteiger partial charge in [-0.1, -0.05) is 36.9 Å². The number of hydrogen-bond donors (Lipinski definition) is 0. The fourth-order valence-electron chi connectivity index (χ4n) is 1.70. The lowest BCUT2D eigenvalue weighted by atomic mass is 10.2. The van der Waals surface area contributed by atoms with E-state index in [4.69, 9.17) is 9.47 Å². The van der Waals surface area contributed by atoms with E-state index < -0.39 is 0 Å². The van der Waals surface area contributed by atoms with Gasteiger partial charge in [-0.15, -0.1) is 0 Å². The zero-order chi connectivity index (χ0) is 15.1. The van der Waals surface area contributed by atoms with Crippen LogP contribution in [0.5, 0.6) is 5.75 Å². The van der Waals surface area contributed by atoms with E-state index in [0.29, 0.717) is 17.9 Å². The quantitative estimate of drug-likeness (QED) is 0.593. The summed E-state index contributed by atoms with van der Waals surface area (Å²) in [7, 11) is 0. The summed E-state index contributed by atoms with van der Waals surface area (Å²) in [6.07, 6.45) is 0. The minimum absolute atomic E-state index is 0.271. The van der Waals surface area contributed by atoms with Crippen LogP contribution in [0.2, 0.25) is 0 Å². The van der Waals surface area contributed by atoms with Gasteiger partial charge >= 0.3 is 5.97 Å². The largest absolute Gasteiger partial charge is 0.489 e. The maximum absolute atomic E-state index is 11.9. The Labute approximate surface area is 124 Å². The molecule has 0 unspecified atom stereocenters. The van der Waals surface area contributed by atoms with E-state index in [-0.39, 0.29) is 12.6 Å². The van der Waals surface area contributed by atoms with Gasteiger partial charge < -0.3 is 9.47 Å². The third-order valence-corrected chi connectivity index (χ3v) is 2.79. The van der Waals surface area contributed by atoms with Crippen molar-refractivity contribution in [1.29, 1.82) is 0 Å². The molecule has 0 saturated carbocycles. The van der Waals surface area contributed by atoms with Gasteiger partial charge in [-0.05, 0) is 42.3 Å². The molecule has 0 aliphatic heterocycles. The van der Waals surface area contributed by atoms with Gasteiger partial charge in [-0.2, -0.15) is 0 Å². The number of carbonyl (C=O) groups is 1. The molecule has 0 amide bonds. The summed E-state index contributed by atoms with van der Waals surface area (Å²) < 4.78 is 10.7. The minimum atomic E-state index is -0.342. The molecule has 0 radical (unpaired) electrons. The summed E-state index contributed by atoms with van der Waals surface area (Å²) in [6, 6.07) is 16.5. The normalized spacial score (nSPS) is 9.95. The number of benzene rings is 2. The summed E-state index contributed by atoms with van der Waals surface area (Å²) in [5.74, 6) is 0.364. The SMILES string of the molecule is C=C(C)COc1ccc(C(=O)OCc2ccccc2)cc1. The van der Waals surface area contributed by atoms with Crippen LogP contribution in [0.3, 0.4) is 0 Å². The number of hydrogen-bond acceptors (Lipinski definition) is 3. The Morgan fingerprint density at radius 1 is 1.05 bits per heavy atom. The monoisotopic (exact) mass is 282 g/mol. The van der Waals surface area contributed by atoms with Crippen molar-refractivity contribution in [2.24, 2.45) is 0 Å². The molecule has 0 fully saturated rings. The zero-order valence-electron chi connectivity index (χ0n) is 12.0. The summed E-state index contributed by atoms with van der Waals surface area (Å²) in [6.45, 7) is 6.41. The molecule has 2 aromatic carbocycles. The van der Waals surface area contributed by atoms with Crippen molar-refractivity contribution < 1.29 is 14.3 Å². The van der Waals surface area contributed by atoms with Gasteiger partial charge in [0.2, 0.25) is 0 Å². The number of carbonyl (C=O) groups excluding carboxylic acids is 1. The number of rotatable bonds is 6. The van der Waals surface area contributed by atoms with Crippen molar-refractivity contribution in [3.8, 4) is 5.75 Å². The minimum Gasteiger partial charge on any atom is -0.489 e. The van der Waals surface area contributed by atoms with Crippen molar-refractivity contribution in [3.63, 3.8) is 0 Å². The third-order valence-electron chi connectivity index (χ3n) is 2.79. The summed E-state index contributed by atoms with van der Waals surface area (Å²) in [5.41, 5.74) is 2.42. The van der Waals surface area contributed by atoms with E-state index in [1.54, 1.807) is 24.3 Å².